The van der Waals surface area contributed by atoms with Gasteiger partial charge in [0.2, 0.25) is 0 Å². The van der Waals surface area contributed by atoms with E-state index >= 15 is 0 Å². The summed E-state index contributed by atoms with van der Waals surface area (Å²) in [7, 11) is 1.90. The number of aromatic amines is 1. The number of nitrogens with zero attached hydrogens (tertiary/aromatic N) is 1. The van der Waals surface area contributed by atoms with E-state index in [2.05, 4.69) is 27.4 Å². The fourth-order valence-corrected chi connectivity index (χ4v) is 0.746. The van der Waals surface area contributed by atoms with Crippen molar-refractivity contribution < 1.29 is 0 Å². The number of H-pyrrole nitrogens is 1. The summed E-state index contributed by atoms with van der Waals surface area (Å²) in [4.78, 5) is 0. The molecule has 0 fully saturated rings. The highest BCUT2D eigenvalue weighted by atomic mass is 15.1. The first kappa shape index (κ1) is 8.62. The Hall–Kier alpha value is -1.47. The second-order valence-electron chi connectivity index (χ2n) is 2.36. The molecule has 0 aliphatic heterocycles. The van der Waals surface area contributed by atoms with Crippen LogP contribution >= 0.6 is 0 Å². The van der Waals surface area contributed by atoms with E-state index in [9.17, 15) is 0 Å². The zero-order valence-corrected chi connectivity index (χ0v) is 7.02. The molecule has 12 heavy (non-hydrogen) atoms. The zero-order valence-electron chi connectivity index (χ0n) is 7.02. The van der Waals surface area contributed by atoms with Crippen molar-refractivity contribution in [3.63, 3.8) is 0 Å². The lowest BCUT2D eigenvalue weighted by Crippen LogP contribution is -2.05. The fourth-order valence-electron chi connectivity index (χ4n) is 0.746. The molecule has 4 heteroatoms. The first-order valence-corrected chi connectivity index (χ1v) is 3.77. The van der Waals surface area contributed by atoms with E-state index in [0.717, 1.165) is 18.7 Å². The summed E-state index contributed by atoms with van der Waals surface area (Å²) in [6.45, 7) is 0.899. The Labute approximate surface area is 71.5 Å². The number of nitrogen functional groups attached to an aromatic ring is 1. The van der Waals surface area contributed by atoms with Gasteiger partial charge in [0.15, 0.2) is 0 Å². The molecule has 1 rings (SSSR count). The predicted molar refractivity (Wildman–Crippen MR) is 48.4 cm³/mol. The number of anilines is 1. The van der Waals surface area contributed by atoms with E-state index < -0.39 is 0 Å². The number of rotatable bonds is 2. The molecule has 0 aliphatic carbocycles. The largest absolute Gasteiger partial charge is 0.382 e. The molecule has 0 saturated heterocycles. The molecule has 64 valence electrons. The number of hydrogen-bond donors (Lipinski definition) is 3. The third kappa shape index (κ3) is 2.64. The van der Waals surface area contributed by atoms with E-state index in [0.29, 0.717) is 5.82 Å². The lowest BCUT2D eigenvalue weighted by atomic mass is 10.3. The average molecular weight is 164 g/mol. The van der Waals surface area contributed by atoms with Crippen LogP contribution in [0, 0.1) is 11.8 Å². The van der Waals surface area contributed by atoms with E-state index in [1.165, 1.54) is 0 Å². The molecule has 1 heterocycles. The Kier molecular flexibility index (Phi) is 3.17. The molecule has 0 unspecified atom stereocenters. The van der Waals surface area contributed by atoms with E-state index in [1.54, 1.807) is 6.07 Å². The van der Waals surface area contributed by atoms with Crippen molar-refractivity contribution in [1.82, 2.24) is 15.5 Å². The van der Waals surface area contributed by atoms with Gasteiger partial charge >= 0.3 is 0 Å². The second-order valence-corrected chi connectivity index (χ2v) is 2.36. The normalized spacial score (nSPS) is 9.08. The molecular formula is C8H12N4. The summed E-state index contributed by atoms with van der Waals surface area (Å²) in [5.74, 6) is 6.37. The first-order valence-electron chi connectivity index (χ1n) is 3.77. The fraction of sp³-hybridized carbons (Fsp3) is 0.375. The molecule has 1 aromatic rings. The third-order valence-electron chi connectivity index (χ3n) is 1.32. The van der Waals surface area contributed by atoms with Gasteiger partial charge in [0, 0.05) is 19.0 Å². The summed E-state index contributed by atoms with van der Waals surface area (Å²) < 4.78 is 0. The van der Waals surface area contributed by atoms with Gasteiger partial charge in [-0.05, 0) is 13.0 Å². The smallest absolute Gasteiger partial charge is 0.146 e. The quantitative estimate of drug-likeness (QED) is 0.424. The van der Waals surface area contributed by atoms with Crippen LogP contribution in [0.1, 0.15) is 12.1 Å². The summed E-state index contributed by atoms with van der Waals surface area (Å²) >= 11 is 0. The highest BCUT2D eigenvalue weighted by molar-refractivity contribution is 5.37. The molecule has 0 atom stereocenters. The van der Waals surface area contributed by atoms with E-state index in [1.807, 2.05) is 7.05 Å². The van der Waals surface area contributed by atoms with Crippen molar-refractivity contribution in [3.8, 4) is 11.8 Å². The van der Waals surface area contributed by atoms with Crippen molar-refractivity contribution in [2.24, 2.45) is 0 Å². The van der Waals surface area contributed by atoms with Crippen LogP contribution in [-0.2, 0) is 0 Å². The van der Waals surface area contributed by atoms with Crippen LogP contribution in [0.2, 0.25) is 0 Å². The lowest BCUT2D eigenvalue weighted by molar-refractivity contribution is 0.818. The van der Waals surface area contributed by atoms with Crippen LogP contribution in [-0.4, -0.2) is 23.8 Å². The number of nitrogens with two attached hydrogens (primary N) is 1. The van der Waals surface area contributed by atoms with Crippen LogP contribution < -0.4 is 11.1 Å². The summed E-state index contributed by atoms with van der Waals surface area (Å²) in [5, 5.41) is 9.47. The SMILES string of the molecule is CNCCC#Cc1cc(N)n[nH]1. The summed E-state index contributed by atoms with van der Waals surface area (Å²) in [6.07, 6.45) is 0.829. The topological polar surface area (TPSA) is 66.7 Å². The van der Waals surface area contributed by atoms with Gasteiger partial charge in [-0.3, -0.25) is 5.10 Å². The van der Waals surface area contributed by atoms with Crippen LogP contribution in [0.3, 0.4) is 0 Å². The monoisotopic (exact) mass is 164 g/mol. The number of aromatic nitrogens is 2. The van der Waals surface area contributed by atoms with Gasteiger partial charge in [0.05, 0.1) is 0 Å². The van der Waals surface area contributed by atoms with Gasteiger partial charge in [-0.2, -0.15) is 5.10 Å². The number of hydrogen-bond acceptors (Lipinski definition) is 3. The number of nitrogens with one attached hydrogen (secondary N) is 2. The maximum Gasteiger partial charge on any atom is 0.146 e. The molecule has 0 spiro atoms. The average Bonchev–Trinajstić information content (AvgIpc) is 2.45. The maximum atomic E-state index is 5.39. The van der Waals surface area contributed by atoms with Crippen LogP contribution in [0.25, 0.3) is 0 Å². The van der Waals surface area contributed by atoms with Crippen molar-refractivity contribution in [3.05, 3.63) is 11.8 Å². The van der Waals surface area contributed by atoms with Gasteiger partial charge in [-0.15, -0.1) is 0 Å². The minimum absolute atomic E-state index is 0.480. The van der Waals surface area contributed by atoms with Crippen LogP contribution in [0.5, 0.6) is 0 Å². The van der Waals surface area contributed by atoms with E-state index in [4.69, 9.17) is 5.73 Å². The van der Waals surface area contributed by atoms with E-state index in [-0.39, 0.29) is 0 Å². The molecule has 0 aliphatic rings. The minimum atomic E-state index is 0.480. The van der Waals surface area contributed by atoms with Gasteiger partial charge in [0.1, 0.15) is 11.5 Å². The Balaban J connectivity index is 2.43. The van der Waals surface area contributed by atoms with Crippen LogP contribution in [0.15, 0.2) is 6.07 Å². The molecule has 1 aromatic heterocycles. The Morgan fingerprint density at radius 1 is 1.75 bits per heavy atom. The predicted octanol–water partition coefficient (Wildman–Crippen LogP) is -0.0471. The highest BCUT2D eigenvalue weighted by Gasteiger charge is 1.90. The minimum Gasteiger partial charge on any atom is -0.382 e. The van der Waals surface area contributed by atoms with Crippen molar-refractivity contribution >= 4 is 5.82 Å². The maximum absolute atomic E-state index is 5.39. The van der Waals surface area contributed by atoms with Gasteiger partial charge in [0.25, 0.3) is 0 Å². The molecule has 0 aromatic carbocycles. The van der Waals surface area contributed by atoms with Gasteiger partial charge in [-0.1, -0.05) is 5.92 Å². The van der Waals surface area contributed by atoms with Gasteiger partial charge < -0.3 is 11.1 Å². The molecule has 0 amide bonds. The van der Waals surface area contributed by atoms with Gasteiger partial charge in [-0.25, -0.2) is 0 Å². The molecule has 0 radical (unpaired) electrons. The Morgan fingerprint density at radius 3 is 3.17 bits per heavy atom. The summed E-state index contributed by atoms with van der Waals surface area (Å²) in [6, 6.07) is 1.71. The van der Waals surface area contributed by atoms with Crippen molar-refractivity contribution in [2.75, 3.05) is 19.3 Å². The zero-order chi connectivity index (χ0) is 8.81. The Bertz CT molecular complexity index is 291. The highest BCUT2D eigenvalue weighted by Crippen LogP contribution is 1.97. The standard InChI is InChI=1S/C8H12N4/c1-10-5-3-2-4-7-6-8(9)12-11-7/h6,10H,3,5H2,1H3,(H3,9,11,12). The lowest BCUT2D eigenvalue weighted by Gasteiger charge is -1.86. The van der Waals surface area contributed by atoms with Crippen LogP contribution in [0.4, 0.5) is 5.82 Å². The molecule has 4 N–H and O–H groups in total. The third-order valence-corrected chi connectivity index (χ3v) is 1.32. The molecule has 4 nitrogen and oxygen atoms in total. The van der Waals surface area contributed by atoms with Crippen molar-refractivity contribution in [1.29, 1.82) is 0 Å². The summed E-state index contributed by atoms with van der Waals surface area (Å²) in [5.41, 5.74) is 6.15. The molecule has 0 bridgehead atoms. The molecule has 0 saturated carbocycles. The molecular weight excluding hydrogens is 152 g/mol. The Morgan fingerprint density at radius 2 is 2.58 bits per heavy atom. The second kappa shape index (κ2) is 4.42. The first-order chi connectivity index (χ1) is 5.83. The van der Waals surface area contributed by atoms with Crippen molar-refractivity contribution in [2.45, 2.75) is 6.42 Å².